The Bertz CT molecular complexity index is 1720. The highest BCUT2D eigenvalue weighted by atomic mass is 16.7. The highest BCUT2D eigenvalue weighted by Gasteiger charge is 2.52. The molecule has 9 nitrogen and oxygen atoms in total. The summed E-state index contributed by atoms with van der Waals surface area (Å²) in [4.78, 5) is 14.9. The summed E-state index contributed by atoms with van der Waals surface area (Å²) in [6.45, 7) is 9.90. The van der Waals surface area contributed by atoms with Crippen molar-refractivity contribution < 1.29 is 33.6 Å². The number of rotatable bonds is 8. The van der Waals surface area contributed by atoms with Crippen LogP contribution >= 0.6 is 0 Å². The summed E-state index contributed by atoms with van der Waals surface area (Å²) in [5.41, 5.74) is 7.38. The van der Waals surface area contributed by atoms with E-state index in [9.17, 15) is 9.90 Å². The van der Waals surface area contributed by atoms with Crippen molar-refractivity contribution in [3.63, 3.8) is 0 Å². The Morgan fingerprint density at radius 2 is 1.80 bits per heavy atom. The third kappa shape index (κ3) is 6.52. The Kier molecular flexibility index (Phi) is 11.4. The van der Waals surface area contributed by atoms with Gasteiger partial charge in [0.2, 0.25) is 6.79 Å². The molecule has 7 rings (SSSR count). The number of piperazine rings is 1. The zero-order chi connectivity index (χ0) is 35.2. The Balaban J connectivity index is 0.000000334. The fourth-order valence-corrected chi connectivity index (χ4v) is 7.92. The average molecular weight is 667 g/mol. The van der Waals surface area contributed by atoms with Gasteiger partial charge in [0.1, 0.15) is 18.6 Å². The molecule has 258 valence electrons. The molecule has 1 N–H and O–H groups in total. The number of benzene rings is 3. The lowest BCUT2D eigenvalue weighted by Crippen LogP contribution is -2.64. The first-order valence-corrected chi connectivity index (χ1v) is 16.4. The molecule has 0 aromatic heterocycles. The maximum atomic E-state index is 11.5. The van der Waals surface area contributed by atoms with Crippen LogP contribution in [-0.4, -0.2) is 81.1 Å². The number of aromatic hydroxyl groups is 1. The van der Waals surface area contributed by atoms with Gasteiger partial charge in [-0.2, -0.15) is 0 Å². The number of phenols is 1. The number of methoxy groups -OCH3 is 2. The lowest BCUT2D eigenvalue weighted by molar-refractivity contribution is -0.104. The smallest absolute Gasteiger partial charge is 0.231 e. The fraction of sp³-hybridized carbons (Fsp3) is 0.375. The molecule has 3 aromatic carbocycles. The standard InChI is InChI=1S/C29H36N2O6.C9H8O.C2H2/c1-7-8-35-27-16(3)28-29(37-14-36-28)23-19(27)11-20-24-22-17(9-15(2)26(34-6)25(22)32)10-18(30(24)4)12-31(20)21(23)13-33-5;10-8-4-7-9-5-2-1-3-6-9;1-2/h7,9,18,20-21,24,32H,1,8,10-14H2,2-6H3;1-8H;1-2H/b;7-4+;/t18-,20?,21-,24-;;/m0../s1. The van der Waals surface area contributed by atoms with Crippen molar-refractivity contribution in [2.75, 3.05) is 47.8 Å². The highest BCUT2D eigenvalue weighted by Crippen LogP contribution is 2.57. The molecule has 1 saturated heterocycles. The maximum Gasteiger partial charge on any atom is 0.231 e. The number of carbonyl (C=O) groups excluding carboxylic acids is 1. The number of terminal acetylenes is 1. The predicted molar refractivity (Wildman–Crippen MR) is 191 cm³/mol. The molecule has 0 amide bonds. The molecule has 4 aliphatic rings. The summed E-state index contributed by atoms with van der Waals surface area (Å²) in [5.74, 6) is 3.22. The van der Waals surface area contributed by atoms with E-state index in [-0.39, 0.29) is 30.7 Å². The van der Waals surface area contributed by atoms with Gasteiger partial charge in [-0.1, -0.05) is 55.1 Å². The normalized spacial score (nSPS) is 21.5. The molecule has 4 atom stereocenters. The van der Waals surface area contributed by atoms with E-state index < -0.39 is 0 Å². The van der Waals surface area contributed by atoms with Crippen LogP contribution in [0.25, 0.3) is 6.08 Å². The lowest BCUT2D eigenvalue weighted by Gasteiger charge is -2.58. The van der Waals surface area contributed by atoms with E-state index in [1.165, 1.54) is 11.6 Å². The summed E-state index contributed by atoms with van der Waals surface area (Å²) < 4.78 is 29.8. The van der Waals surface area contributed by atoms with E-state index in [0.717, 1.165) is 76.3 Å². The Morgan fingerprint density at radius 3 is 2.47 bits per heavy atom. The van der Waals surface area contributed by atoms with E-state index in [1.54, 1.807) is 26.4 Å². The predicted octanol–water partition coefficient (Wildman–Crippen LogP) is 5.98. The van der Waals surface area contributed by atoms with Crippen LogP contribution in [0.3, 0.4) is 0 Å². The molecule has 1 fully saturated rings. The first-order valence-electron chi connectivity index (χ1n) is 16.4. The number of aryl methyl sites for hydroxylation is 1. The summed E-state index contributed by atoms with van der Waals surface area (Å²) in [6.07, 6.45) is 15.4. The molecule has 0 radical (unpaired) electrons. The van der Waals surface area contributed by atoms with E-state index >= 15 is 0 Å². The molecule has 4 heterocycles. The fourth-order valence-electron chi connectivity index (χ4n) is 7.92. The Hall–Kier alpha value is -4.75. The molecule has 0 saturated carbocycles. The van der Waals surface area contributed by atoms with Crippen molar-refractivity contribution in [1.29, 1.82) is 0 Å². The average Bonchev–Trinajstić information content (AvgIpc) is 3.60. The number of hydrogen-bond donors (Lipinski definition) is 1. The Morgan fingerprint density at radius 1 is 1.06 bits per heavy atom. The van der Waals surface area contributed by atoms with Crippen molar-refractivity contribution in [2.45, 2.75) is 50.9 Å². The van der Waals surface area contributed by atoms with Crippen molar-refractivity contribution >= 4 is 12.4 Å². The van der Waals surface area contributed by atoms with Crippen LogP contribution in [0.2, 0.25) is 0 Å². The van der Waals surface area contributed by atoms with E-state index in [4.69, 9.17) is 23.7 Å². The van der Waals surface area contributed by atoms with Crippen LogP contribution < -0.4 is 18.9 Å². The van der Waals surface area contributed by atoms with Crippen molar-refractivity contribution in [3.8, 4) is 41.6 Å². The molecule has 4 aliphatic heterocycles. The second kappa shape index (κ2) is 15.6. The molecular weight excluding hydrogens is 620 g/mol. The summed E-state index contributed by atoms with van der Waals surface area (Å²) in [6, 6.07) is 12.3. The minimum Gasteiger partial charge on any atom is -0.504 e. The van der Waals surface area contributed by atoms with Gasteiger partial charge in [0, 0.05) is 48.0 Å². The van der Waals surface area contributed by atoms with Gasteiger partial charge in [0.15, 0.2) is 23.0 Å². The molecule has 0 spiro atoms. The molecular formula is C40H46N2O7. The number of hydrogen-bond acceptors (Lipinski definition) is 9. The second-order valence-corrected chi connectivity index (χ2v) is 12.5. The van der Waals surface area contributed by atoms with Gasteiger partial charge < -0.3 is 28.8 Å². The van der Waals surface area contributed by atoms with E-state index in [2.05, 4.69) is 42.3 Å². The summed E-state index contributed by atoms with van der Waals surface area (Å²) in [5, 5.41) is 11.5. The molecule has 1 unspecified atom stereocenters. The zero-order valence-corrected chi connectivity index (χ0v) is 29.0. The number of allylic oxidation sites excluding steroid dienone is 1. The molecule has 0 aliphatic carbocycles. The van der Waals surface area contributed by atoms with E-state index in [0.29, 0.717) is 25.0 Å². The van der Waals surface area contributed by atoms with Gasteiger partial charge in [-0.3, -0.25) is 14.6 Å². The van der Waals surface area contributed by atoms with Crippen LogP contribution in [-0.2, 0) is 22.4 Å². The van der Waals surface area contributed by atoms with Crippen LogP contribution in [0.15, 0.2) is 55.1 Å². The lowest BCUT2D eigenvalue weighted by atomic mass is 9.74. The monoisotopic (exact) mass is 666 g/mol. The highest BCUT2D eigenvalue weighted by molar-refractivity contribution is 5.73. The van der Waals surface area contributed by atoms with Crippen LogP contribution in [0.5, 0.6) is 28.7 Å². The first kappa shape index (κ1) is 35.6. The summed E-state index contributed by atoms with van der Waals surface area (Å²) >= 11 is 0. The zero-order valence-electron chi connectivity index (χ0n) is 29.0. The second-order valence-electron chi connectivity index (χ2n) is 12.5. The van der Waals surface area contributed by atoms with Gasteiger partial charge in [-0.25, -0.2) is 0 Å². The quantitative estimate of drug-likeness (QED) is 0.135. The number of fused-ring (bicyclic) bond motifs is 9. The Labute approximate surface area is 289 Å². The largest absolute Gasteiger partial charge is 0.504 e. The minimum absolute atomic E-state index is 0.0116. The SMILES string of the molecule is C#C.C=CCOc1c(C)c2c(c3c1CC1[C@H]4c5c(cc(C)c(OC)c5O)C[C@@H](CN1[C@H]3COC)N4C)OCO2.O=C/C=C/c1ccccc1. The maximum absolute atomic E-state index is 11.5. The van der Waals surface area contributed by atoms with E-state index in [1.807, 2.05) is 44.2 Å². The van der Waals surface area contributed by atoms with Crippen molar-refractivity contribution in [1.82, 2.24) is 9.80 Å². The van der Waals surface area contributed by atoms with Gasteiger partial charge in [0.25, 0.3) is 0 Å². The molecule has 49 heavy (non-hydrogen) atoms. The number of carbonyl (C=O) groups is 1. The number of aldehydes is 1. The first-order chi connectivity index (χ1) is 23.8. The van der Waals surface area contributed by atoms with Crippen LogP contribution in [0, 0.1) is 26.7 Å². The van der Waals surface area contributed by atoms with Crippen LogP contribution in [0.4, 0.5) is 0 Å². The molecule has 3 aromatic rings. The van der Waals surface area contributed by atoms with Gasteiger partial charge in [-0.15, -0.1) is 12.8 Å². The number of likely N-dealkylation sites (N-methyl/N-ethyl adjacent to an activating group) is 1. The van der Waals surface area contributed by atoms with Crippen LogP contribution in [0.1, 0.15) is 51.0 Å². The minimum atomic E-state index is -0.0318. The third-order valence-electron chi connectivity index (χ3n) is 9.87. The number of ether oxygens (including phenoxy) is 5. The number of phenolic OH excluding ortho intramolecular Hbond substituents is 1. The van der Waals surface area contributed by atoms with Gasteiger partial charge in [-0.05, 0) is 56.5 Å². The summed E-state index contributed by atoms with van der Waals surface area (Å²) in [7, 11) is 5.55. The third-order valence-corrected chi connectivity index (χ3v) is 9.87. The number of nitrogens with zero attached hydrogens (tertiary/aromatic N) is 2. The topological polar surface area (TPSA) is 89.9 Å². The van der Waals surface area contributed by atoms with Gasteiger partial charge >= 0.3 is 0 Å². The molecule has 2 bridgehead atoms. The van der Waals surface area contributed by atoms with Crippen molar-refractivity contribution in [2.24, 2.45) is 0 Å². The van der Waals surface area contributed by atoms with Crippen molar-refractivity contribution in [3.05, 3.63) is 94.1 Å². The molecule has 9 heteroatoms. The van der Waals surface area contributed by atoms with Gasteiger partial charge in [0.05, 0.1) is 25.8 Å².